The van der Waals surface area contributed by atoms with Gasteiger partial charge in [0.25, 0.3) is 0 Å². The zero-order chi connectivity index (χ0) is 12.1. The summed E-state index contributed by atoms with van der Waals surface area (Å²) in [5.74, 6) is 0.484. The minimum Gasteiger partial charge on any atom is -0.328 e. The van der Waals surface area contributed by atoms with Crippen molar-refractivity contribution in [1.29, 1.82) is 0 Å². The lowest BCUT2D eigenvalue weighted by Crippen LogP contribution is -2.04. The highest BCUT2D eigenvalue weighted by Crippen LogP contribution is 2.19. The molecule has 0 aliphatic rings. The van der Waals surface area contributed by atoms with E-state index in [9.17, 15) is 4.79 Å². The van der Waals surface area contributed by atoms with Crippen molar-refractivity contribution in [3.05, 3.63) is 54.1 Å². The van der Waals surface area contributed by atoms with Crippen LogP contribution in [0, 0.1) is 0 Å². The quantitative estimate of drug-likeness (QED) is 0.737. The van der Waals surface area contributed by atoms with E-state index < -0.39 is 0 Å². The van der Waals surface area contributed by atoms with E-state index in [0.717, 1.165) is 19.3 Å². The number of aryl methyl sites for hydroxylation is 1. The van der Waals surface area contributed by atoms with E-state index in [1.165, 1.54) is 5.56 Å². The van der Waals surface area contributed by atoms with Crippen LogP contribution in [0.15, 0.2) is 42.9 Å². The smallest absolute Gasteiger partial charge is 0.168 e. The standard InChI is InChI=1S/C14H16N2O/c1-12(13-5-3-2-4-6-13)7-8-16-11-15-9-14(16)10-17/h2-6,9-12H,7-8H2,1H3. The molecule has 0 N–H and O–H groups in total. The number of imidazole rings is 1. The molecule has 2 aromatic rings. The number of carbonyl (C=O) groups is 1. The Morgan fingerprint density at radius 1 is 1.35 bits per heavy atom. The molecule has 3 heteroatoms. The molecule has 88 valence electrons. The second-order valence-electron chi connectivity index (χ2n) is 4.23. The third kappa shape index (κ3) is 2.81. The van der Waals surface area contributed by atoms with Crippen LogP contribution in [0.25, 0.3) is 0 Å². The van der Waals surface area contributed by atoms with Gasteiger partial charge in [0.2, 0.25) is 0 Å². The molecule has 0 amide bonds. The van der Waals surface area contributed by atoms with Crippen molar-refractivity contribution >= 4 is 6.29 Å². The molecule has 0 aliphatic heterocycles. The van der Waals surface area contributed by atoms with Gasteiger partial charge in [-0.3, -0.25) is 4.79 Å². The number of aromatic nitrogens is 2. The van der Waals surface area contributed by atoms with Gasteiger partial charge >= 0.3 is 0 Å². The number of carbonyl (C=O) groups excluding carboxylic acids is 1. The van der Waals surface area contributed by atoms with Crippen LogP contribution >= 0.6 is 0 Å². The average Bonchev–Trinajstić information content (AvgIpc) is 2.84. The molecule has 0 bridgehead atoms. The first-order valence-electron chi connectivity index (χ1n) is 5.81. The molecule has 1 heterocycles. The van der Waals surface area contributed by atoms with Gasteiger partial charge in [0.05, 0.1) is 12.5 Å². The summed E-state index contributed by atoms with van der Waals surface area (Å²) in [5, 5.41) is 0. The molecule has 1 unspecified atom stereocenters. The van der Waals surface area contributed by atoms with Crippen molar-refractivity contribution in [3.8, 4) is 0 Å². The summed E-state index contributed by atoms with van der Waals surface area (Å²) in [7, 11) is 0. The number of nitrogens with zero attached hydrogens (tertiary/aromatic N) is 2. The van der Waals surface area contributed by atoms with E-state index >= 15 is 0 Å². The SMILES string of the molecule is CC(CCn1cncc1C=O)c1ccccc1. The third-order valence-corrected chi connectivity index (χ3v) is 3.04. The minimum atomic E-state index is 0.484. The van der Waals surface area contributed by atoms with Crippen LogP contribution in [0.2, 0.25) is 0 Å². The van der Waals surface area contributed by atoms with Crippen LogP contribution in [-0.4, -0.2) is 15.8 Å². The molecule has 2 rings (SSSR count). The monoisotopic (exact) mass is 228 g/mol. The Hall–Kier alpha value is -1.90. The summed E-state index contributed by atoms with van der Waals surface area (Å²) in [6.45, 7) is 3.02. The molecule has 0 spiro atoms. The van der Waals surface area contributed by atoms with Crippen molar-refractivity contribution in [1.82, 2.24) is 9.55 Å². The fourth-order valence-electron chi connectivity index (χ4n) is 1.90. The van der Waals surface area contributed by atoms with Crippen LogP contribution in [0.3, 0.4) is 0 Å². The summed E-state index contributed by atoms with van der Waals surface area (Å²) in [5.41, 5.74) is 1.98. The zero-order valence-corrected chi connectivity index (χ0v) is 9.91. The first-order chi connectivity index (χ1) is 8.31. The van der Waals surface area contributed by atoms with Crippen LogP contribution in [-0.2, 0) is 6.54 Å². The molecule has 1 aromatic heterocycles. The van der Waals surface area contributed by atoms with Crippen molar-refractivity contribution < 1.29 is 4.79 Å². The molecular formula is C14H16N2O. The predicted octanol–water partition coefficient (Wildman–Crippen LogP) is 2.89. The number of rotatable bonds is 5. The molecule has 17 heavy (non-hydrogen) atoms. The highest BCUT2D eigenvalue weighted by molar-refractivity contribution is 5.71. The van der Waals surface area contributed by atoms with E-state index in [0.29, 0.717) is 11.6 Å². The van der Waals surface area contributed by atoms with Crippen molar-refractivity contribution in [2.75, 3.05) is 0 Å². The topological polar surface area (TPSA) is 34.9 Å². The predicted molar refractivity (Wildman–Crippen MR) is 67.1 cm³/mol. The summed E-state index contributed by atoms with van der Waals surface area (Å²) >= 11 is 0. The first kappa shape index (κ1) is 11.6. The van der Waals surface area contributed by atoms with Crippen LogP contribution in [0.4, 0.5) is 0 Å². The Morgan fingerprint density at radius 2 is 2.12 bits per heavy atom. The van der Waals surface area contributed by atoms with Crippen LogP contribution in [0.1, 0.15) is 35.3 Å². The van der Waals surface area contributed by atoms with Crippen LogP contribution < -0.4 is 0 Å². The molecule has 3 nitrogen and oxygen atoms in total. The minimum absolute atomic E-state index is 0.484. The summed E-state index contributed by atoms with van der Waals surface area (Å²) in [4.78, 5) is 14.7. The van der Waals surface area contributed by atoms with Gasteiger partial charge in [-0.1, -0.05) is 37.3 Å². The first-order valence-corrected chi connectivity index (χ1v) is 5.81. The van der Waals surface area contributed by atoms with Crippen LogP contribution in [0.5, 0.6) is 0 Å². The van der Waals surface area contributed by atoms with Gasteiger partial charge in [-0.25, -0.2) is 4.98 Å². The Balaban J connectivity index is 1.97. The Morgan fingerprint density at radius 3 is 2.82 bits per heavy atom. The maximum atomic E-state index is 10.7. The molecule has 0 aliphatic carbocycles. The fourth-order valence-corrected chi connectivity index (χ4v) is 1.90. The molecule has 1 aromatic carbocycles. The number of hydrogen-bond donors (Lipinski definition) is 0. The highest BCUT2D eigenvalue weighted by atomic mass is 16.1. The summed E-state index contributed by atoms with van der Waals surface area (Å²) in [6, 6.07) is 10.4. The normalized spacial score (nSPS) is 12.3. The van der Waals surface area contributed by atoms with E-state index in [4.69, 9.17) is 0 Å². The highest BCUT2D eigenvalue weighted by Gasteiger charge is 2.06. The van der Waals surface area contributed by atoms with Crippen molar-refractivity contribution in [2.45, 2.75) is 25.8 Å². The van der Waals surface area contributed by atoms with Gasteiger partial charge in [0.1, 0.15) is 5.69 Å². The number of hydrogen-bond acceptors (Lipinski definition) is 2. The van der Waals surface area contributed by atoms with E-state index in [1.54, 1.807) is 12.5 Å². The zero-order valence-electron chi connectivity index (χ0n) is 9.91. The third-order valence-electron chi connectivity index (χ3n) is 3.04. The maximum absolute atomic E-state index is 10.7. The molecule has 0 fully saturated rings. The lowest BCUT2D eigenvalue weighted by atomic mass is 9.98. The lowest BCUT2D eigenvalue weighted by molar-refractivity contribution is 0.111. The molecule has 1 atom stereocenters. The molecule has 0 saturated carbocycles. The molecule has 0 radical (unpaired) electrons. The van der Waals surface area contributed by atoms with Crippen molar-refractivity contribution in [3.63, 3.8) is 0 Å². The maximum Gasteiger partial charge on any atom is 0.168 e. The van der Waals surface area contributed by atoms with Gasteiger partial charge in [0, 0.05) is 6.54 Å². The van der Waals surface area contributed by atoms with E-state index in [-0.39, 0.29) is 0 Å². The lowest BCUT2D eigenvalue weighted by Gasteiger charge is -2.12. The second-order valence-corrected chi connectivity index (χ2v) is 4.23. The Labute approximate surface area is 101 Å². The molecule has 0 saturated heterocycles. The van der Waals surface area contributed by atoms with E-state index in [1.807, 2.05) is 10.6 Å². The Bertz CT molecular complexity index is 476. The van der Waals surface area contributed by atoms with Gasteiger partial charge in [-0.15, -0.1) is 0 Å². The molecular weight excluding hydrogens is 212 g/mol. The van der Waals surface area contributed by atoms with Crippen molar-refractivity contribution in [2.24, 2.45) is 0 Å². The summed E-state index contributed by atoms with van der Waals surface area (Å²) in [6.07, 6.45) is 5.16. The Kier molecular flexibility index (Phi) is 3.70. The fraction of sp³-hybridized carbons (Fsp3) is 0.286. The number of benzene rings is 1. The summed E-state index contributed by atoms with van der Waals surface area (Å²) < 4.78 is 1.90. The van der Waals surface area contributed by atoms with E-state index in [2.05, 4.69) is 36.2 Å². The second kappa shape index (κ2) is 5.43. The van der Waals surface area contributed by atoms with Gasteiger partial charge in [0.15, 0.2) is 6.29 Å². The number of aldehydes is 1. The van der Waals surface area contributed by atoms with Gasteiger partial charge < -0.3 is 4.57 Å². The van der Waals surface area contributed by atoms with Gasteiger partial charge in [-0.2, -0.15) is 0 Å². The average molecular weight is 228 g/mol. The van der Waals surface area contributed by atoms with Gasteiger partial charge in [-0.05, 0) is 17.9 Å². The largest absolute Gasteiger partial charge is 0.328 e.